The third kappa shape index (κ3) is 8.03. The minimum Gasteiger partial charge on any atom is -0.444 e. The first-order valence-electron chi connectivity index (χ1n) is 12.9. The highest BCUT2D eigenvalue weighted by Gasteiger charge is 2.36. The topological polar surface area (TPSA) is 88.7 Å². The molecule has 0 aromatic carbocycles. The van der Waals surface area contributed by atoms with Gasteiger partial charge in [0.15, 0.2) is 0 Å². The summed E-state index contributed by atoms with van der Waals surface area (Å²) < 4.78 is 10.6. The van der Waals surface area contributed by atoms with Crippen LogP contribution in [0.1, 0.15) is 73.6 Å². The number of hydrogen-bond acceptors (Lipinski definition) is 5. The van der Waals surface area contributed by atoms with Crippen molar-refractivity contribution in [1.29, 1.82) is 0 Å². The van der Waals surface area contributed by atoms with Crippen molar-refractivity contribution < 1.29 is 19.1 Å². The molecule has 1 aliphatic heterocycles. The number of fused-ring (bicyclic) bond motifs is 2. The first-order valence-corrected chi connectivity index (χ1v) is 12.9. The molecule has 3 aliphatic carbocycles. The molecule has 7 nitrogen and oxygen atoms in total. The van der Waals surface area contributed by atoms with E-state index in [0.717, 1.165) is 25.4 Å². The highest BCUT2D eigenvalue weighted by molar-refractivity contribution is 5.69. The molecule has 1 heterocycles. The van der Waals surface area contributed by atoms with Crippen LogP contribution in [0.3, 0.4) is 0 Å². The number of hydrogen-bond donors (Lipinski definition) is 3. The highest BCUT2D eigenvalue weighted by atomic mass is 16.6. The Balaban J connectivity index is 0.000000191. The van der Waals surface area contributed by atoms with Gasteiger partial charge in [-0.2, -0.15) is 0 Å². The smallest absolute Gasteiger partial charge is 0.408 e. The minimum absolute atomic E-state index is 0.110. The Morgan fingerprint density at radius 1 is 0.765 bits per heavy atom. The first kappa shape index (κ1) is 26.6. The predicted octanol–water partition coefficient (Wildman–Crippen LogP) is 4.93. The second kappa shape index (κ2) is 11.1. The van der Waals surface area contributed by atoms with Crippen LogP contribution < -0.4 is 16.0 Å². The number of amides is 2. The fourth-order valence-corrected chi connectivity index (χ4v) is 5.55. The zero-order valence-electron chi connectivity index (χ0n) is 21.9. The van der Waals surface area contributed by atoms with Crippen molar-refractivity contribution in [3.63, 3.8) is 0 Å². The molecule has 2 amide bonds. The molecule has 0 unspecified atom stereocenters. The molecule has 3 N–H and O–H groups in total. The second-order valence-electron chi connectivity index (χ2n) is 12.1. The molecule has 0 bridgehead atoms. The Kier molecular flexibility index (Phi) is 8.72. The zero-order valence-corrected chi connectivity index (χ0v) is 21.9. The SMILES string of the molecule is CC(C)(C)OC(=O)N[C@@H]1C=CC[C@@H]2CCC[C@@H]21.CC(C)(C)OC(=O)N[C@@H]1C=CC[C@@H]2CNC[C@@H]21. The van der Waals surface area contributed by atoms with Crippen molar-refractivity contribution in [1.82, 2.24) is 16.0 Å². The Labute approximate surface area is 205 Å². The van der Waals surface area contributed by atoms with Crippen LogP contribution in [0.15, 0.2) is 24.3 Å². The molecule has 2 fully saturated rings. The third-order valence-electron chi connectivity index (χ3n) is 6.96. The lowest BCUT2D eigenvalue weighted by Gasteiger charge is -2.31. The Morgan fingerprint density at radius 3 is 1.85 bits per heavy atom. The average Bonchev–Trinajstić information content (AvgIpc) is 3.35. The number of alkyl carbamates (subject to hydrolysis) is 2. The van der Waals surface area contributed by atoms with Crippen molar-refractivity contribution in [2.75, 3.05) is 13.1 Å². The van der Waals surface area contributed by atoms with Gasteiger partial charge < -0.3 is 25.4 Å². The molecular weight excluding hydrogens is 430 g/mol. The van der Waals surface area contributed by atoms with Gasteiger partial charge in [-0.3, -0.25) is 0 Å². The van der Waals surface area contributed by atoms with Gasteiger partial charge in [0.1, 0.15) is 11.2 Å². The monoisotopic (exact) mass is 475 g/mol. The Bertz CT molecular complexity index is 701. The van der Waals surface area contributed by atoms with Gasteiger partial charge in [0, 0.05) is 6.54 Å². The van der Waals surface area contributed by atoms with Gasteiger partial charge in [-0.15, -0.1) is 0 Å². The van der Waals surface area contributed by atoms with E-state index in [-0.39, 0.29) is 24.3 Å². The van der Waals surface area contributed by atoms with Crippen LogP contribution in [0.4, 0.5) is 9.59 Å². The van der Waals surface area contributed by atoms with E-state index in [2.05, 4.69) is 40.3 Å². The lowest BCUT2D eigenvalue weighted by molar-refractivity contribution is 0.0481. The summed E-state index contributed by atoms with van der Waals surface area (Å²) in [4.78, 5) is 23.5. The van der Waals surface area contributed by atoms with Crippen molar-refractivity contribution in [2.45, 2.75) is 96.9 Å². The van der Waals surface area contributed by atoms with Gasteiger partial charge in [0.05, 0.1) is 12.1 Å². The maximum Gasteiger partial charge on any atom is 0.408 e. The van der Waals surface area contributed by atoms with Crippen LogP contribution >= 0.6 is 0 Å². The second-order valence-corrected chi connectivity index (χ2v) is 12.1. The van der Waals surface area contributed by atoms with Crippen LogP contribution in [0, 0.1) is 23.7 Å². The van der Waals surface area contributed by atoms with E-state index in [9.17, 15) is 9.59 Å². The van der Waals surface area contributed by atoms with Crippen LogP contribution in [0.2, 0.25) is 0 Å². The van der Waals surface area contributed by atoms with E-state index >= 15 is 0 Å². The number of nitrogens with one attached hydrogen (secondary N) is 3. The number of carbonyl (C=O) groups excluding carboxylic acids is 2. The maximum absolute atomic E-state index is 11.7. The summed E-state index contributed by atoms with van der Waals surface area (Å²) >= 11 is 0. The third-order valence-corrected chi connectivity index (χ3v) is 6.96. The zero-order chi connectivity index (χ0) is 24.9. The molecule has 4 aliphatic rings. The van der Waals surface area contributed by atoms with Gasteiger partial charge >= 0.3 is 12.2 Å². The van der Waals surface area contributed by atoms with E-state index in [1.54, 1.807) is 0 Å². The summed E-state index contributed by atoms with van der Waals surface area (Å²) in [6, 6.07) is 0.282. The molecule has 6 atom stereocenters. The van der Waals surface area contributed by atoms with E-state index in [1.165, 1.54) is 25.7 Å². The summed E-state index contributed by atoms with van der Waals surface area (Å²) in [6.07, 6.45) is 14.1. The standard InChI is InChI=1S/C14H23NO2.C13H22N2O2/c1-14(2,3)17-13(16)15-12-9-5-7-10-6-4-8-11(10)12;1-13(2,3)17-12(16)15-11-6-4-5-9-7-14-8-10(9)11/h5,9-12H,4,6-8H2,1-3H3,(H,15,16);4,6,9-11,14H,5,7-8H2,1-3H3,(H,15,16)/t10-,11-,12+;9-,10+,11-/m01/s1. The molecule has 1 saturated carbocycles. The van der Waals surface area contributed by atoms with Crippen molar-refractivity contribution in [2.24, 2.45) is 23.7 Å². The molecule has 0 spiro atoms. The van der Waals surface area contributed by atoms with Crippen LogP contribution in [-0.4, -0.2) is 48.6 Å². The number of rotatable bonds is 2. The van der Waals surface area contributed by atoms with Crippen LogP contribution in [-0.2, 0) is 9.47 Å². The van der Waals surface area contributed by atoms with Gasteiger partial charge in [-0.05, 0) is 97.4 Å². The Morgan fingerprint density at radius 2 is 1.29 bits per heavy atom. The molecule has 34 heavy (non-hydrogen) atoms. The van der Waals surface area contributed by atoms with Crippen LogP contribution in [0.5, 0.6) is 0 Å². The van der Waals surface area contributed by atoms with Gasteiger partial charge in [0.2, 0.25) is 0 Å². The normalized spacial score (nSPS) is 32.1. The average molecular weight is 476 g/mol. The van der Waals surface area contributed by atoms with Gasteiger partial charge in [0.25, 0.3) is 0 Å². The quantitative estimate of drug-likeness (QED) is 0.493. The van der Waals surface area contributed by atoms with E-state index in [0.29, 0.717) is 17.8 Å². The first-order chi connectivity index (χ1) is 15.9. The summed E-state index contributed by atoms with van der Waals surface area (Å²) in [7, 11) is 0. The summed E-state index contributed by atoms with van der Waals surface area (Å²) in [5, 5.41) is 9.34. The summed E-state index contributed by atoms with van der Waals surface area (Å²) in [6.45, 7) is 13.3. The highest BCUT2D eigenvalue weighted by Crippen LogP contribution is 2.39. The van der Waals surface area contributed by atoms with Gasteiger partial charge in [-0.1, -0.05) is 30.7 Å². The van der Waals surface area contributed by atoms with Crippen molar-refractivity contribution >= 4 is 12.2 Å². The van der Waals surface area contributed by atoms with Crippen LogP contribution in [0.25, 0.3) is 0 Å². The largest absolute Gasteiger partial charge is 0.444 e. The maximum atomic E-state index is 11.7. The van der Waals surface area contributed by atoms with Crippen molar-refractivity contribution in [3.8, 4) is 0 Å². The molecule has 4 rings (SSSR count). The Hall–Kier alpha value is -2.02. The molecule has 0 aromatic rings. The summed E-state index contributed by atoms with van der Waals surface area (Å²) in [5.41, 5.74) is -0.854. The summed E-state index contributed by atoms with van der Waals surface area (Å²) in [5.74, 6) is 2.54. The molecule has 1 saturated heterocycles. The lowest BCUT2D eigenvalue weighted by Crippen LogP contribution is -2.45. The molecule has 0 radical (unpaired) electrons. The number of carbonyl (C=O) groups is 2. The molecule has 0 aromatic heterocycles. The lowest BCUT2D eigenvalue weighted by atomic mass is 9.82. The molecular formula is C27H45N3O4. The molecule has 192 valence electrons. The predicted molar refractivity (Wildman–Crippen MR) is 135 cm³/mol. The number of ether oxygens (including phenoxy) is 2. The minimum atomic E-state index is -0.435. The fourth-order valence-electron chi connectivity index (χ4n) is 5.55. The number of allylic oxidation sites excluding steroid dienone is 2. The van der Waals surface area contributed by atoms with E-state index in [4.69, 9.17) is 9.47 Å². The fraction of sp³-hybridized carbons (Fsp3) is 0.778. The van der Waals surface area contributed by atoms with E-state index in [1.807, 2.05) is 41.5 Å². The molecule has 7 heteroatoms. The van der Waals surface area contributed by atoms with Crippen molar-refractivity contribution in [3.05, 3.63) is 24.3 Å². The van der Waals surface area contributed by atoms with Gasteiger partial charge in [-0.25, -0.2) is 9.59 Å². The van der Waals surface area contributed by atoms with E-state index < -0.39 is 11.2 Å².